The molecule has 0 saturated carbocycles. The molecule has 1 aromatic carbocycles. The third-order valence-electron chi connectivity index (χ3n) is 4.05. The Bertz CT molecular complexity index is 456. The third-order valence-corrected chi connectivity index (χ3v) is 4.05. The van der Waals surface area contributed by atoms with Crippen molar-refractivity contribution in [2.45, 2.75) is 32.9 Å². The second-order valence-electron chi connectivity index (χ2n) is 5.59. The predicted octanol–water partition coefficient (Wildman–Crippen LogP) is 2.31. The van der Waals surface area contributed by atoms with E-state index in [1.807, 2.05) is 17.0 Å². The van der Waals surface area contributed by atoms with Gasteiger partial charge < -0.3 is 9.64 Å². The lowest BCUT2D eigenvalue weighted by atomic mass is 10.0. The summed E-state index contributed by atoms with van der Waals surface area (Å²) in [7, 11) is 1.66. The second-order valence-corrected chi connectivity index (χ2v) is 5.59. The Morgan fingerprint density at radius 1 is 1.25 bits per heavy atom. The van der Waals surface area contributed by atoms with Crippen LogP contribution in [0, 0.1) is 0 Å². The minimum absolute atomic E-state index is 0.134. The number of amides is 1. The van der Waals surface area contributed by atoms with Crippen LogP contribution in [-0.4, -0.2) is 48.5 Å². The normalized spacial score (nSPS) is 20.2. The molecule has 1 heterocycles. The Balaban J connectivity index is 2.23. The first-order chi connectivity index (χ1) is 9.52. The van der Waals surface area contributed by atoms with E-state index >= 15 is 0 Å². The van der Waals surface area contributed by atoms with Gasteiger partial charge in [-0.2, -0.15) is 0 Å². The molecule has 4 nitrogen and oxygen atoms in total. The molecule has 1 aliphatic rings. The molecule has 0 bridgehead atoms. The molecule has 1 aromatic rings. The van der Waals surface area contributed by atoms with E-state index in [9.17, 15) is 4.79 Å². The van der Waals surface area contributed by atoms with Crippen LogP contribution in [-0.2, 0) is 4.79 Å². The van der Waals surface area contributed by atoms with Crippen LogP contribution in [0.2, 0.25) is 0 Å². The zero-order chi connectivity index (χ0) is 14.7. The minimum atomic E-state index is 0.134. The van der Waals surface area contributed by atoms with E-state index < -0.39 is 0 Å². The number of ether oxygens (including phenoxy) is 1. The number of carbonyl (C=O) groups is 1. The highest BCUT2D eigenvalue weighted by Crippen LogP contribution is 2.27. The van der Waals surface area contributed by atoms with Crippen LogP contribution in [0.15, 0.2) is 24.3 Å². The molecule has 2 rings (SSSR count). The van der Waals surface area contributed by atoms with Crippen molar-refractivity contribution < 1.29 is 9.53 Å². The van der Waals surface area contributed by atoms with Gasteiger partial charge in [-0.25, -0.2) is 0 Å². The molecule has 0 aromatic heterocycles. The molecule has 4 heteroatoms. The average molecular weight is 276 g/mol. The van der Waals surface area contributed by atoms with E-state index in [1.54, 1.807) is 14.0 Å². The Labute approximate surface area is 121 Å². The van der Waals surface area contributed by atoms with Crippen LogP contribution in [0.25, 0.3) is 0 Å². The van der Waals surface area contributed by atoms with Crippen molar-refractivity contribution in [3.63, 3.8) is 0 Å². The standard InChI is InChI=1S/C16H24N2O2/c1-12(2)17-9-10-18(13(3)19)16(11-17)14-5-7-15(20-4)8-6-14/h5-8,12,16H,9-11H2,1-4H3. The SMILES string of the molecule is COc1ccc(C2CN(C(C)C)CCN2C(C)=O)cc1. The Morgan fingerprint density at radius 3 is 2.40 bits per heavy atom. The van der Waals surface area contributed by atoms with Crippen molar-refractivity contribution in [2.75, 3.05) is 26.7 Å². The maximum atomic E-state index is 11.9. The van der Waals surface area contributed by atoms with Crippen LogP contribution < -0.4 is 4.74 Å². The average Bonchev–Trinajstić information content (AvgIpc) is 2.46. The van der Waals surface area contributed by atoms with Crippen molar-refractivity contribution in [1.82, 2.24) is 9.80 Å². The first kappa shape index (κ1) is 14.9. The fourth-order valence-electron chi connectivity index (χ4n) is 2.76. The Kier molecular flexibility index (Phi) is 4.65. The molecular formula is C16H24N2O2. The van der Waals surface area contributed by atoms with Gasteiger partial charge in [-0.05, 0) is 31.5 Å². The highest BCUT2D eigenvalue weighted by molar-refractivity contribution is 5.74. The van der Waals surface area contributed by atoms with Gasteiger partial charge in [0.05, 0.1) is 13.2 Å². The maximum absolute atomic E-state index is 11.9. The van der Waals surface area contributed by atoms with Crippen molar-refractivity contribution in [3.05, 3.63) is 29.8 Å². The number of rotatable bonds is 3. The number of piperazine rings is 1. The molecule has 0 spiro atoms. The Hall–Kier alpha value is -1.55. The molecule has 110 valence electrons. The van der Waals surface area contributed by atoms with Crippen molar-refractivity contribution in [1.29, 1.82) is 0 Å². The van der Waals surface area contributed by atoms with Crippen molar-refractivity contribution >= 4 is 5.91 Å². The molecule has 20 heavy (non-hydrogen) atoms. The van der Waals surface area contributed by atoms with Gasteiger partial charge in [-0.3, -0.25) is 9.69 Å². The maximum Gasteiger partial charge on any atom is 0.220 e. The summed E-state index contributed by atoms with van der Waals surface area (Å²) in [4.78, 5) is 16.3. The Morgan fingerprint density at radius 2 is 1.90 bits per heavy atom. The number of hydrogen-bond donors (Lipinski definition) is 0. The molecule has 1 saturated heterocycles. The van der Waals surface area contributed by atoms with E-state index in [1.165, 1.54) is 5.56 Å². The minimum Gasteiger partial charge on any atom is -0.497 e. The summed E-state index contributed by atoms with van der Waals surface area (Å²) >= 11 is 0. The summed E-state index contributed by atoms with van der Waals surface area (Å²) in [5.41, 5.74) is 1.17. The van der Waals surface area contributed by atoms with Gasteiger partial charge in [0.25, 0.3) is 0 Å². The van der Waals surface area contributed by atoms with Crippen molar-refractivity contribution in [2.24, 2.45) is 0 Å². The van der Waals surface area contributed by atoms with Crippen molar-refractivity contribution in [3.8, 4) is 5.75 Å². The molecular weight excluding hydrogens is 252 g/mol. The summed E-state index contributed by atoms with van der Waals surface area (Å²) in [6.45, 7) is 8.70. The molecule has 0 radical (unpaired) electrons. The number of nitrogens with zero attached hydrogens (tertiary/aromatic N) is 2. The molecule has 0 N–H and O–H groups in total. The molecule has 1 aliphatic heterocycles. The smallest absolute Gasteiger partial charge is 0.220 e. The molecule has 1 fully saturated rings. The van der Waals surface area contributed by atoms with Crippen LogP contribution in [0.3, 0.4) is 0 Å². The van der Waals surface area contributed by atoms with Crippen LogP contribution in [0.1, 0.15) is 32.4 Å². The van der Waals surface area contributed by atoms with Gasteiger partial charge in [0, 0.05) is 32.6 Å². The first-order valence-corrected chi connectivity index (χ1v) is 7.18. The van der Waals surface area contributed by atoms with E-state index in [0.29, 0.717) is 6.04 Å². The van der Waals surface area contributed by atoms with E-state index in [4.69, 9.17) is 4.74 Å². The highest BCUT2D eigenvalue weighted by Gasteiger charge is 2.30. The lowest BCUT2D eigenvalue weighted by Crippen LogP contribution is -2.51. The summed E-state index contributed by atoms with van der Waals surface area (Å²) in [6, 6.07) is 8.68. The zero-order valence-corrected chi connectivity index (χ0v) is 12.8. The van der Waals surface area contributed by atoms with Crippen LogP contribution >= 0.6 is 0 Å². The predicted molar refractivity (Wildman–Crippen MR) is 79.8 cm³/mol. The molecule has 1 amide bonds. The lowest BCUT2D eigenvalue weighted by Gasteiger charge is -2.43. The fourth-order valence-corrected chi connectivity index (χ4v) is 2.76. The lowest BCUT2D eigenvalue weighted by molar-refractivity contribution is -0.134. The number of carbonyl (C=O) groups excluding carboxylic acids is 1. The second kappa shape index (κ2) is 6.27. The van der Waals surface area contributed by atoms with Gasteiger partial charge in [-0.15, -0.1) is 0 Å². The number of hydrogen-bond acceptors (Lipinski definition) is 3. The monoisotopic (exact) mass is 276 g/mol. The number of methoxy groups -OCH3 is 1. The van der Waals surface area contributed by atoms with Crippen LogP contribution in [0.5, 0.6) is 5.75 Å². The number of benzene rings is 1. The molecule has 1 atom stereocenters. The summed E-state index contributed by atoms with van der Waals surface area (Å²) in [6.07, 6.45) is 0. The summed E-state index contributed by atoms with van der Waals surface area (Å²) in [5, 5.41) is 0. The van der Waals surface area contributed by atoms with Gasteiger partial charge in [-0.1, -0.05) is 12.1 Å². The molecule has 0 aliphatic carbocycles. The summed E-state index contributed by atoms with van der Waals surface area (Å²) < 4.78 is 5.20. The van der Waals surface area contributed by atoms with E-state index in [0.717, 1.165) is 25.4 Å². The largest absolute Gasteiger partial charge is 0.497 e. The van der Waals surface area contributed by atoms with Gasteiger partial charge in [0.1, 0.15) is 5.75 Å². The van der Waals surface area contributed by atoms with Gasteiger partial charge in [0.2, 0.25) is 5.91 Å². The topological polar surface area (TPSA) is 32.8 Å². The molecule has 1 unspecified atom stereocenters. The van der Waals surface area contributed by atoms with E-state index in [2.05, 4.69) is 30.9 Å². The van der Waals surface area contributed by atoms with E-state index in [-0.39, 0.29) is 11.9 Å². The quantitative estimate of drug-likeness (QED) is 0.849. The zero-order valence-electron chi connectivity index (χ0n) is 12.8. The first-order valence-electron chi connectivity index (χ1n) is 7.18. The van der Waals surface area contributed by atoms with Gasteiger partial charge >= 0.3 is 0 Å². The fraction of sp³-hybridized carbons (Fsp3) is 0.562. The van der Waals surface area contributed by atoms with Crippen LogP contribution in [0.4, 0.5) is 0 Å². The van der Waals surface area contributed by atoms with Gasteiger partial charge in [0.15, 0.2) is 0 Å². The highest BCUT2D eigenvalue weighted by atomic mass is 16.5. The summed E-state index contributed by atoms with van der Waals surface area (Å²) in [5.74, 6) is 0.994. The third kappa shape index (κ3) is 3.12.